The van der Waals surface area contributed by atoms with Crippen LogP contribution in [-0.2, 0) is 9.53 Å². The highest BCUT2D eigenvalue weighted by atomic mass is 35.5. The highest BCUT2D eigenvalue weighted by Gasteiger charge is 2.14. The highest BCUT2D eigenvalue weighted by molar-refractivity contribution is 6.40. The molecule has 0 aliphatic heterocycles. The Hall–Kier alpha value is -2.24. The minimum absolute atomic E-state index is 0.0674. The SMILES string of the molecule is Cc1ccc(Cl)c(NC(=O)COC(=O)c2cccc(O)c2)c1Cl. The van der Waals surface area contributed by atoms with Gasteiger partial charge in [0.15, 0.2) is 6.61 Å². The molecule has 0 unspecified atom stereocenters. The molecule has 0 saturated heterocycles. The van der Waals surface area contributed by atoms with E-state index < -0.39 is 18.5 Å². The van der Waals surface area contributed by atoms with Crippen molar-refractivity contribution in [2.45, 2.75) is 6.92 Å². The summed E-state index contributed by atoms with van der Waals surface area (Å²) in [5, 5.41) is 12.4. The molecular weight excluding hydrogens is 341 g/mol. The molecule has 23 heavy (non-hydrogen) atoms. The highest BCUT2D eigenvalue weighted by Crippen LogP contribution is 2.32. The molecule has 0 aliphatic carbocycles. The van der Waals surface area contributed by atoms with Gasteiger partial charge in [0.25, 0.3) is 5.91 Å². The van der Waals surface area contributed by atoms with Gasteiger partial charge in [-0.1, -0.05) is 35.3 Å². The first-order valence-corrected chi connectivity index (χ1v) is 7.34. The van der Waals surface area contributed by atoms with Gasteiger partial charge in [-0.2, -0.15) is 0 Å². The molecule has 2 aromatic carbocycles. The summed E-state index contributed by atoms with van der Waals surface area (Å²) in [6, 6.07) is 8.96. The number of ether oxygens (including phenoxy) is 1. The number of phenols is 1. The number of benzene rings is 2. The van der Waals surface area contributed by atoms with Gasteiger partial charge in [-0.3, -0.25) is 4.79 Å². The topological polar surface area (TPSA) is 75.6 Å². The van der Waals surface area contributed by atoms with Gasteiger partial charge in [0, 0.05) is 0 Å². The molecule has 120 valence electrons. The summed E-state index contributed by atoms with van der Waals surface area (Å²) in [5.74, 6) is -1.37. The fraction of sp³-hybridized carbons (Fsp3) is 0.125. The molecular formula is C16H13Cl2NO4. The van der Waals surface area contributed by atoms with Crippen LogP contribution < -0.4 is 5.32 Å². The number of halogens is 2. The van der Waals surface area contributed by atoms with Crippen LogP contribution in [0.3, 0.4) is 0 Å². The summed E-state index contributed by atoms with van der Waals surface area (Å²) in [4.78, 5) is 23.7. The van der Waals surface area contributed by atoms with E-state index in [-0.39, 0.29) is 22.0 Å². The van der Waals surface area contributed by atoms with Gasteiger partial charge in [0.1, 0.15) is 5.75 Å². The van der Waals surface area contributed by atoms with Crippen molar-refractivity contribution in [3.05, 3.63) is 57.6 Å². The zero-order valence-electron chi connectivity index (χ0n) is 12.1. The molecule has 0 fully saturated rings. The molecule has 2 aromatic rings. The molecule has 0 heterocycles. The maximum Gasteiger partial charge on any atom is 0.338 e. The van der Waals surface area contributed by atoms with Gasteiger partial charge in [-0.25, -0.2) is 4.79 Å². The summed E-state index contributed by atoms with van der Waals surface area (Å²) in [6.07, 6.45) is 0. The lowest BCUT2D eigenvalue weighted by atomic mass is 10.2. The van der Waals surface area contributed by atoms with E-state index in [0.717, 1.165) is 5.56 Å². The smallest absolute Gasteiger partial charge is 0.338 e. The van der Waals surface area contributed by atoms with Crippen LogP contribution in [0.1, 0.15) is 15.9 Å². The maximum absolute atomic E-state index is 11.9. The zero-order valence-corrected chi connectivity index (χ0v) is 13.6. The van der Waals surface area contributed by atoms with E-state index in [9.17, 15) is 14.7 Å². The molecule has 0 spiro atoms. The fourth-order valence-corrected chi connectivity index (χ4v) is 2.26. The number of aromatic hydroxyl groups is 1. The van der Waals surface area contributed by atoms with E-state index in [1.165, 1.54) is 24.3 Å². The largest absolute Gasteiger partial charge is 0.508 e. The van der Waals surface area contributed by atoms with E-state index in [1.807, 2.05) is 0 Å². The van der Waals surface area contributed by atoms with E-state index in [0.29, 0.717) is 5.02 Å². The first-order chi connectivity index (χ1) is 10.9. The second kappa shape index (κ2) is 7.35. The van der Waals surface area contributed by atoms with E-state index in [2.05, 4.69) is 5.32 Å². The number of carbonyl (C=O) groups is 2. The average Bonchev–Trinajstić information content (AvgIpc) is 2.53. The van der Waals surface area contributed by atoms with E-state index in [4.69, 9.17) is 27.9 Å². The Balaban J connectivity index is 1.98. The second-order valence-electron chi connectivity index (χ2n) is 4.73. The van der Waals surface area contributed by atoms with Crippen LogP contribution in [0.5, 0.6) is 5.75 Å². The zero-order chi connectivity index (χ0) is 17.0. The summed E-state index contributed by atoms with van der Waals surface area (Å²) in [5.41, 5.74) is 1.17. The van der Waals surface area contributed by atoms with E-state index in [1.54, 1.807) is 19.1 Å². The Labute approximate surface area is 142 Å². The monoisotopic (exact) mass is 353 g/mol. The molecule has 5 nitrogen and oxygen atoms in total. The van der Waals surface area contributed by atoms with Crippen LogP contribution in [0.4, 0.5) is 5.69 Å². The Morgan fingerprint density at radius 2 is 1.96 bits per heavy atom. The van der Waals surface area contributed by atoms with Crippen LogP contribution in [0.15, 0.2) is 36.4 Å². The van der Waals surface area contributed by atoms with Crippen LogP contribution >= 0.6 is 23.2 Å². The number of amides is 1. The van der Waals surface area contributed by atoms with Gasteiger partial charge in [-0.15, -0.1) is 0 Å². The van der Waals surface area contributed by atoms with Crippen LogP contribution in [0.25, 0.3) is 0 Å². The van der Waals surface area contributed by atoms with Gasteiger partial charge in [-0.05, 0) is 36.8 Å². The quantitative estimate of drug-likeness (QED) is 0.819. The van der Waals surface area contributed by atoms with Crippen molar-refractivity contribution in [1.29, 1.82) is 0 Å². The molecule has 2 rings (SSSR count). The number of esters is 1. The third-order valence-corrected chi connectivity index (χ3v) is 3.77. The van der Waals surface area contributed by atoms with Crippen molar-refractivity contribution < 1.29 is 19.4 Å². The summed E-state index contributed by atoms with van der Waals surface area (Å²) >= 11 is 12.1. The van der Waals surface area contributed by atoms with Gasteiger partial charge >= 0.3 is 5.97 Å². The molecule has 0 aliphatic rings. The van der Waals surface area contributed by atoms with Crippen molar-refractivity contribution in [2.24, 2.45) is 0 Å². The number of anilines is 1. The predicted molar refractivity (Wildman–Crippen MR) is 88.2 cm³/mol. The molecule has 0 aromatic heterocycles. The third-order valence-electron chi connectivity index (χ3n) is 2.96. The van der Waals surface area contributed by atoms with Crippen molar-refractivity contribution in [3.63, 3.8) is 0 Å². The normalized spacial score (nSPS) is 10.2. The number of hydrogen-bond acceptors (Lipinski definition) is 4. The Morgan fingerprint density at radius 3 is 2.65 bits per heavy atom. The average molecular weight is 354 g/mol. The lowest BCUT2D eigenvalue weighted by Crippen LogP contribution is -2.21. The predicted octanol–water partition coefficient (Wildman–Crippen LogP) is 3.80. The first-order valence-electron chi connectivity index (χ1n) is 6.59. The van der Waals surface area contributed by atoms with Crippen LogP contribution in [0.2, 0.25) is 10.0 Å². The Morgan fingerprint density at radius 1 is 1.22 bits per heavy atom. The number of rotatable bonds is 4. The van der Waals surface area contributed by atoms with Crippen LogP contribution in [0, 0.1) is 6.92 Å². The van der Waals surface area contributed by atoms with Crippen molar-refractivity contribution in [1.82, 2.24) is 0 Å². The van der Waals surface area contributed by atoms with Gasteiger partial charge < -0.3 is 15.2 Å². The lowest BCUT2D eigenvalue weighted by Gasteiger charge is -2.11. The fourth-order valence-electron chi connectivity index (χ4n) is 1.79. The molecule has 1 amide bonds. The summed E-state index contributed by atoms with van der Waals surface area (Å²) in [7, 11) is 0. The minimum atomic E-state index is -0.725. The number of carbonyl (C=O) groups excluding carboxylic acids is 2. The van der Waals surface area contributed by atoms with Crippen LogP contribution in [-0.4, -0.2) is 23.6 Å². The van der Waals surface area contributed by atoms with Crippen molar-refractivity contribution in [3.8, 4) is 5.75 Å². The Kier molecular flexibility index (Phi) is 5.47. The van der Waals surface area contributed by atoms with Gasteiger partial charge in [0.2, 0.25) is 0 Å². The lowest BCUT2D eigenvalue weighted by molar-refractivity contribution is -0.119. The van der Waals surface area contributed by atoms with Crippen molar-refractivity contribution in [2.75, 3.05) is 11.9 Å². The van der Waals surface area contributed by atoms with E-state index >= 15 is 0 Å². The number of hydrogen-bond donors (Lipinski definition) is 2. The summed E-state index contributed by atoms with van der Waals surface area (Å²) in [6.45, 7) is 1.27. The maximum atomic E-state index is 11.9. The molecule has 2 N–H and O–H groups in total. The Bertz CT molecular complexity index is 762. The standard InChI is InChI=1S/C16H13Cl2NO4/c1-9-5-6-12(17)15(14(9)18)19-13(21)8-23-16(22)10-3-2-4-11(20)7-10/h2-7,20H,8H2,1H3,(H,19,21). The molecule has 0 atom stereocenters. The molecule has 0 saturated carbocycles. The molecule has 0 radical (unpaired) electrons. The van der Waals surface area contributed by atoms with Gasteiger partial charge in [0.05, 0.1) is 21.3 Å². The molecule has 0 bridgehead atoms. The number of aryl methyl sites for hydroxylation is 1. The number of phenolic OH excluding ortho intramolecular Hbond substituents is 1. The molecule has 7 heteroatoms. The number of nitrogens with one attached hydrogen (secondary N) is 1. The third kappa shape index (κ3) is 4.37. The minimum Gasteiger partial charge on any atom is -0.508 e. The second-order valence-corrected chi connectivity index (χ2v) is 5.51. The first kappa shape index (κ1) is 17.1. The summed E-state index contributed by atoms with van der Waals surface area (Å²) < 4.78 is 4.88. The van der Waals surface area contributed by atoms with Crippen molar-refractivity contribution >= 4 is 40.8 Å².